The molecule has 4 nitrogen and oxygen atoms in total. The standard InChI is InChI=1S/C24H22F5N3O/c1-32(21-13-22(24(27,28)29)31-20-5-3-2-4-18(20)21)16-9-7-15(8-10-16)30-23(33)17-11-6-14(25)12-19(17)26/h2-6,11-13,15-16H,7-10H2,1H3,(H,30,33). The molecule has 1 N–H and O–H groups in total. The lowest BCUT2D eigenvalue weighted by atomic mass is 9.89. The van der Waals surface area contributed by atoms with Crippen molar-refractivity contribution in [2.24, 2.45) is 0 Å². The quantitative estimate of drug-likeness (QED) is 0.504. The molecule has 1 heterocycles. The van der Waals surface area contributed by atoms with Gasteiger partial charge in [0.2, 0.25) is 0 Å². The van der Waals surface area contributed by atoms with E-state index in [-0.39, 0.29) is 23.2 Å². The number of nitrogens with one attached hydrogen (secondary N) is 1. The lowest BCUT2D eigenvalue weighted by molar-refractivity contribution is -0.140. The van der Waals surface area contributed by atoms with Crippen molar-refractivity contribution in [3.63, 3.8) is 0 Å². The summed E-state index contributed by atoms with van der Waals surface area (Å²) in [6.07, 6.45) is -2.13. The minimum absolute atomic E-state index is 0.0346. The van der Waals surface area contributed by atoms with E-state index >= 15 is 0 Å². The average Bonchev–Trinajstić information content (AvgIpc) is 2.77. The molecule has 4 rings (SSSR count). The molecule has 1 amide bonds. The van der Waals surface area contributed by atoms with Crippen molar-refractivity contribution in [3.05, 3.63) is 71.4 Å². The maximum absolute atomic E-state index is 13.9. The average molecular weight is 463 g/mol. The molecule has 0 saturated heterocycles. The lowest BCUT2D eigenvalue weighted by Gasteiger charge is -2.37. The van der Waals surface area contributed by atoms with Crippen LogP contribution in [0.1, 0.15) is 41.7 Å². The van der Waals surface area contributed by atoms with Crippen LogP contribution in [0, 0.1) is 11.6 Å². The third-order valence-corrected chi connectivity index (χ3v) is 6.12. The molecule has 174 valence electrons. The number of alkyl halides is 3. The molecule has 3 aromatic rings. The van der Waals surface area contributed by atoms with Gasteiger partial charge in [-0.05, 0) is 49.9 Å². The largest absolute Gasteiger partial charge is 0.433 e. The molecule has 1 fully saturated rings. The Labute approximate surface area is 187 Å². The van der Waals surface area contributed by atoms with Crippen LogP contribution in [0.25, 0.3) is 10.9 Å². The van der Waals surface area contributed by atoms with E-state index in [4.69, 9.17) is 0 Å². The van der Waals surface area contributed by atoms with Crippen molar-refractivity contribution < 1.29 is 26.7 Å². The second-order valence-electron chi connectivity index (χ2n) is 8.26. The molecule has 0 aliphatic heterocycles. The highest BCUT2D eigenvalue weighted by Crippen LogP contribution is 2.36. The van der Waals surface area contributed by atoms with Gasteiger partial charge >= 0.3 is 6.18 Å². The Morgan fingerprint density at radius 3 is 2.39 bits per heavy atom. The highest BCUT2D eigenvalue weighted by atomic mass is 19.4. The van der Waals surface area contributed by atoms with Crippen molar-refractivity contribution in [2.75, 3.05) is 11.9 Å². The first-order valence-corrected chi connectivity index (χ1v) is 10.6. The van der Waals surface area contributed by atoms with Crippen molar-refractivity contribution in [1.29, 1.82) is 0 Å². The summed E-state index contributed by atoms with van der Waals surface area (Å²) in [5.41, 5.74) is -0.436. The number of para-hydroxylation sites is 1. The molecule has 0 unspecified atom stereocenters. The number of fused-ring (bicyclic) bond motifs is 1. The Morgan fingerprint density at radius 2 is 1.73 bits per heavy atom. The fraction of sp³-hybridized carbons (Fsp3) is 0.333. The fourth-order valence-electron chi connectivity index (χ4n) is 4.33. The topological polar surface area (TPSA) is 45.2 Å². The summed E-state index contributed by atoms with van der Waals surface area (Å²) < 4.78 is 67.1. The minimum Gasteiger partial charge on any atom is -0.371 e. The number of pyridine rings is 1. The van der Waals surface area contributed by atoms with Crippen molar-refractivity contribution in [1.82, 2.24) is 10.3 Å². The van der Waals surface area contributed by atoms with Crippen LogP contribution in [-0.4, -0.2) is 30.0 Å². The van der Waals surface area contributed by atoms with E-state index in [1.165, 1.54) is 0 Å². The van der Waals surface area contributed by atoms with E-state index in [9.17, 15) is 26.7 Å². The molecule has 9 heteroatoms. The Bertz CT molecular complexity index is 1170. The summed E-state index contributed by atoms with van der Waals surface area (Å²) in [6, 6.07) is 10.3. The van der Waals surface area contributed by atoms with Crippen LogP contribution in [-0.2, 0) is 6.18 Å². The van der Waals surface area contributed by atoms with Gasteiger partial charge in [0, 0.05) is 36.3 Å². The zero-order valence-corrected chi connectivity index (χ0v) is 17.8. The van der Waals surface area contributed by atoms with Crippen LogP contribution in [0.5, 0.6) is 0 Å². The molecular formula is C24H22F5N3O. The first-order valence-electron chi connectivity index (χ1n) is 10.6. The molecular weight excluding hydrogens is 441 g/mol. The third-order valence-electron chi connectivity index (χ3n) is 6.12. The van der Waals surface area contributed by atoms with Gasteiger partial charge in [-0.15, -0.1) is 0 Å². The molecule has 0 radical (unpaired) electrons. The van der Waals surface area contributed by atoms with Gasteiger partial charge < -0.3 is 10.2 Å². The van der Waals surface area contributed by atoms with Gasteiger partial charge in [0.15, 0.2) is 0 Å². The van der Waals surface area contributed by atoms with Crippen LogP contribution in [0.2, 0.25) is 0 Å². The third kappa shape index (κ3) is 4.91. The molecule has 1 aromatic heterocycles. The van der Waals surface area contributed by atoms with Crippen LogP contribution >= 0.6 is 0 Å². The number of anilines is 1. The molecule has 1 saturated carbocycles. The maximum Gasteiger partial charge on any atom is 0.433 e. The van der Waals surface area contributed by atoms with E-state index in [1.807, 2.05) is 4.90 Å². The van der Waals surface area contributed by atoms with Gasteiger partial charge in [-0.25, -0.2) is 13.8 Å². The van der Waals surface area contributed by atoms with Crippen LogP contribution in [0.15, 0.2) is 48.5 Å². The number of nitrogens with zero attached hydrogens (tertiary/aromatic N) is 2. The summed E-state index contributed by atoms with van der Waals surface area (Å²) in [6.45, 7) is 0. The monoisotopic (exact) mass is 463 g/mol. The van der Waals surface area contributed by atoms with Gasteiger partial charge in [0.25, 0.3) is 5.91 Å². The first kappa shape index (κ1) is 22.9. The predicted octanol–water partition coefficient (Wildman–Crippen LogP) is 5.71. The van der Waals surface area contributed by atoms with Gasteiger partial charge in [0.1, 0.15) is 17.3 Å². The summed E-state index contributed by atoms with van der Waals surface area (Å²) in [7, 11) is 1.76. The van der Waals surface area contributed by atoms with Crippen LogP contribution < -0.4 is 10.2 Å². The van der Waals surface area contributed by atoms with Crippen molar-refractivity contribution in [2.45, 2.75) is 43.9 Å². The summed E-state index contributed by atoms with van der Waals surface area (Å²) in [5.74, 6) is -2.30. The summed E-state index contributed by atoms with van der Waals surface area (Å²) in [4.78, 5) is 18.0. The lowest BCUT2D eigenvalue weighted by Crippen LogP contribution is -2.43. The molecule has 0 bridgehead atoms. The maximum atomic E-state index is 13.9. The summed E-state index contributed by atoms with van der Waals surface area (Å²) in [5, 5.41) is 3.41. The Hall–Kier alpha value is -3.23. The number of amides is 1. The number of carbonyl (C=O) groups excluding carboxylic acids is 1. The first-order chi connectivity index (χ1) is 15.6. The molecule has 1 aliphatic carbocycles. The van der Waals surface area contributed by atoms with E-state index in [2.05, 4.69) is 10.3 Å². The molecule has 33 heavy (non-hydrogen) atoms. The Balaban J connectivity index is 1.47. The second kappa shape index (κ2) is 8.96. The van der Waals surface area contributed by atoms with E-state index in [1.54, 1.807) is 31.3 Å². The van der Waals surface area contributed by atoms with Gasteiger partial charge in [0.05, 0.1) is 11.1 Å². The Kier molecular flexibility index (Phi) is 6.23. The van der Waals surface area contributed by atoms with Crippen molar-refractivity contribution in [3.8, 4) is 0 Å². The number of hydrogen-bond acceptors (Lipinski definition) is 3. The Morgan fingerprint density at radius 1 is 1.03 bits per heavy atom. The highest BCUT2D eigenvalue weighted by Gasteiger charge is 2.34. The SMILES string of the molecule is CN(c1cc(C(F)(F)F)nc2ccccc12)C1CCC(NC(=O)c2ccc(F)cc2F)CC1. The number of carbonyl (C=O) groups is 1. The van der Waals surface area contributed by atoms with E-state index < -0.39 is 29.4 Å². The number of aromatic nitrogens is 1. The number of hydrogen-bond donors (Lipinski definition) is 1. The molecule has 0 atom stereocenters. The molecule has 1 aliphatic rings. The van der Waals surface area contributed by atoms with Gasteiger partial charge in [-0.3, -0.25) is 4.79 Å². The number of rotatable bonds is 4. The summed E-state index contributed by atoms with van der Waals surface area (Å²) >= 11 is 0. The predicted molar refractivity (Wildman–Crippen MR) is 115 cm³/mol. The minimum atomic E-state index is -4.56. The van der Waals surface area contributed by atoms with Gasteiger partial charge in [-0.2, -0.15) is 13.2 Å². The zero-order valence-electron chi connectivity index (χ0n) is 17.8. The van der Waals surface area contributed by atoms with Crippen LogP contribution in [0.4, 0.5) is 27.6 Å². The van der Waals surface area contributed by atoms with Gasteiger partial charge in [-0.1, -0.05) is 18.2 Å². The number of benzene rings is 2. The molecule has 0 spiro atoms. The van der Waals surface area contributed by atoms with E-state index in [0.717, 1.165) is 18.2 Å². The fourth-order valence-corrected chi connectivity index (χ4v) is 4.33. The smallest absolute Gasteiger partial charge is 0.371 e. The molecule has 2 aromatic carbocycles. The zero-order chi connectivity index (χ0) is 23.8. The second-order valence-corrected chi connectivity index (χ2v) is 8.26. The number of halogens is 5. The van der Waals surface area contributed by atoms with E-state index in [0.29, 0.717) is 42.8 Å². The van der Waals surface area contributed by atoms with Crippen LogP contribution in [0.3, 0.4) is 0 Å². The highest BCUT2D eigenvalue weighted by molar-refractivity contribution is 5.94. The normalized spacial score (nSPS) is 18.8. The van der Waals surface area contributed by atoms with Crippen molar-refractivity contribution >= 4 is 22.5 Å².